The molecule has 15 aromatic heterocycles. The predicted molar refractivity (Wildman–Crippen MR) is 573 cm³/mol. The van der Waals surface area contributed by atoms with Crippen LogP contribution in [0.2, 0.25) is 0 Å². The quantitative estimate of drug-likeness (QED) is 0.0333. The highest BCUT2D eigenvalue weighted by Gasteiger charge is 2.30. The van der Waals surface area contributed by atoms with Gasteiger partial charge in [0.1, 0.15) is 0 Å². The molecule has 0 nitrogen and oxygen atoms in total. The van der Waals surface area contributed by atoms with Crippen LogP contribution in [0.4, 0.5) is 0 Å². The Morgan fingerprint density at radius 1 is 0.146 bits per heavy atom. The number of hydrogen-bond acceptors (Lipinski definition) is 15. The highest BCUT2D eigenvalue weighted by molar-refractivity contribution is 7.33. The molecule has 0 aliphatic heterocycles. The molecule has 0 radical (unpaired) electrons. The Balaban J connectivity index is 0.889. The van der Waals surface area contributed by atoms with Crippen LogP contribution in [-0.2, 0) is 51.4 Å². The third-order valence-electron chi connectivity index (χ3n) is 24.2. The lowest BCUT2D eigenvalue weighted by molar-refractivity contribution is 0.667. The minimum Gasteiger partial charge on any atom is -0.143 e. The maximum Gasteiger partial charge on any atom is 0.0536 e. The van der Waals surface area contributed by atoms with Crippen LogP contribution in [-0.4, -0.2) is 0 Å². The van der Waals surface area contributed by atoms with Gasteiger partial charge in [-0.1, -0.05) is 209 Å². The molecule has 0 amide bonds. The topological polar surface area (TPSA) is 0 Å². The minimum absolute atomic E-state index is 1.15. The lowest BCUT2D eigenvalue weighted by Gasteiger charge is -2.00. The third kappa shape index (κ3) is 24.6. The van der Waals surface area contributed by atoms with Crippen LogP contribution in [0, 0.1) is 0 Å². The molecule has 0 aliphatic rings. The van der Waals surface area contributed by atoms with Gasteiger partial charge in [-0.15, -0.1) is 170 Å². The zero-order valence-electron chi connectivity index (χ0n) is 74.3. The highest BCUT2D eigenvalue weighted by atomic mass is 32.2. The van der Waals surface area contributed by atoms with Crippen LogP contribution in [0.5, 0.6) is 0 Å². The Hall–Kier alpha value is -4.50. The van der Waals surface area contributed by atoms with E-state index >= 15 is 0 Å². The van der Waals surface area contributed by atoms with Gasteiger partial charge in [-0.2, -0.15) is 0 Å². The summed E-state index contributed by atoms with van der Waals surface area (Å²) in [5, 5.41) is 19.9. The summed E-state index contributed by atoms with van der Waals surface area (Å²) in [6, 6.07) is 41.4. The van der Waals surface area contributed by atoms with Crippen LogP contribution in [0.3, 0.4) is 0 Å². The first kappa shape index (κ1) is 93.2. The fourth-order valence-corrected chi connectivity index (χ4v) is 34.1. The molecule has 0 atom stereocenters. The fourth-order valence-electron chi connectivity index (χ4n) is 17.0. The Labute approximate surface area is 798 Å². The smallest absolute Gasteiger partial charge is 0.0536 e. The van der Waals surface area contributed by atoms with Gasteiger partial charge in [0.05, 0.1) is 29.3 Å². The van der Waals surface area contributed by atoms with Crippen molar-refractivity contribution in [2.24, 2.45) is 0 Å². The van der Waals surface area contributed by atoms with Crippen LogP contribution in [0.25, 0.3) is 141 Å². The average Bonchev–Trinajstić information content (AvgIpc) is 1.60. The standard InChI is InChI=1S/C108H128S15/c1-9-17-25-33-41-73-51-89(109-65-73)81-59-93(118-103(81)97-55-77(69-113-97)45-37-29-21-13-5)85-61-95(120-107(85)101-63-83(91-53-75(67-111-91)43-35-27-19-11-3)105(122-101)99-57-79(71-115-99)47-39-31-23-15-7)87-49-50-88(117-87)96-62-86(94-60-82(90-52-74(66-110-90)42-34-26-18-10-2)104(119-94)98-56-78(70-114-98)46-38-30-22-14-6)108(121-96)102-64-84(92-54-76(68-112-92)44-36-28-20-12-4)106(123-102)100-58-80(72-116-100)48-40-32-24-16-8/h49-72H,9-48H2,1-8H3. The summed E-state index contributed by atoms with van der Waals surface area (Å²) in [6.45, 7) is 18.7. The first-order valence-corrected chi connectivity index (χ1v) is 59.9. The second-order valence-electron chi connectivity index (χ2n) is 34.3. The monoisotopic (exact) mass is 1900 g/mol. The molecule has 15 rings (SSSR count). The second kappa shape index (κ2) is 47.9. The summed E-state index contributed by atoms with van der Waals surface area (Å²) < 4.78 is 0. The van der Waals surface area contributed by atoms with E-state index in [-0.39, 0.29) is 0 Å². The van der Waals surface area contributed by atoms with Gasteiger partial charge < -0.3 is 0 Å². The lowest BCUT2D eigenvalue weighted by Crippen LogP contribution is -1.82. The molecule has 123 heavy (non-hydrogen) atoms. The summed E-state index contributed by atoms with van der Waals surface area (Å²) >= 11 is 30.1. The molecule has 0 fully saturated rings. The molecular weight excluding hydrogens is 1780 g/mol. The number of rotatable bonds is 54. The predicted octanol–water partition coefficient (Wildman–Crippen LogP) is 42.9. The number of hydrogen-bond donors (Lipinski definition) is 0. The lowest BCUT2D eigenvalue weighted by atomic mass is 10.1. The van der Waals surface area contributed by atoms with Gasteiger partial charge in [-0.25, -0.2) is 0 Å². The molecular formula is C108H128S15. The van der Waals surface area contributed by atoms with Crippen molar-refractivity contribution in [3.05, 3.63) is 185 Å². The van der Waals surface area contributed by atoms with Gasteiger partial charge in [0.15, 0.2) is 0 Å². The van der Waals surface area contributed by atoms with E-state index in [1.807, 2.05) is 125 Å². The molecule has 0 spiro atoms. The van der Waals surface area contributed by atoms with Gasteiger partial charge in [0.2, 0.25) is 0 Å². The zero-order chi connectivity index (χ0) is 84.6. The fraction of sp³-hybridized carbons (Fsp3) is 0.444. The number of thiophene rings is 15. The van der Waals surface area contributed by atoms with Crippen LogP contribution in [0.1, 0.15) is 305 Å². The van der Waals surface area contributed by atoms with E-state index in [0.29, 0.717) is 0 Å². The van der Waals surface area contributed by atoms with Crippen molar-refractivity contribution in [3.63, 3.8) is 0 Å². The first-order chi connectivity index (χ1) is 60.6. The summed E-state index contributed by atoms with van der Waals surface area (Å²) in [7, 11) is 0. The maximum atomic E-state index is 2.65. The van der Waals surface area contributed by atoms with Gasteiger partial charge >= 0.3 is 0 Å². The molecule has 15 heterocycles. The van der Waals surface area contributed by atoms with Crippen molar-refractivity contribution >= 4 is 170 Å². The second-order valence-corrected chi connectivity index (χ2v) is 49.0. The van der Waals surface area contributed by atoms with Crippen LogP contribution < -0.4 is 0 Å². The summed E-state index contributed by atoms with van der Waals surface area (Å²) in [4.78, 5) is 30.8. The van der Waals surface area contributed by atoms with Crippen molar-refractivity contribution in [3.8, 4) is 141 Å². The zero-order valence-corrected chi connectivity index (χ0v) is 86.5. The van der Waals surface area contributed by atoms with Gasteiger partial charge in [0, 0.05) is 111 Å². The summed E-state index contributed by atoms with van der Waals surface area (Å²) in [5.41, 5.74) is 20.4. The van der Waals surface area contributed by atoms with E-state index in [1.54, 1.807) is 0 Å². The largest absolute Gasteiger partial charge is 0.143 e. The van der Waals surface area contributed by atoms with E-state index in [2.05, 4.69) is 241 Å². The van der Waals surface area contributed by atoms with Crippen LogP contribution >= 0.6 is 170 Å². The van der Waals surface area contributed by atoms with Gasteiger partial charge in [-0.05, 0) is 287 Å². The Bertz CT molecular complexity index is 4730. The summed E-state index contributed by atoms with van der Waals surface area (Å²) in [5.74, 6) is 0. The molecule has 15 heteroatoms. The molecule has 0 unspecified atom stereocenters. The number of aryl methyl sites for hydroxylation is 8. The Morgan fingerprint density at radius 3 is 0.545 bits per heavy atom. The molecule has 0 N–H and O–H groups in total. The molecule has 650 valence electrons. The average molecular weight is 1910 g/mol. The first-order valence-electron chi connectivity index (χ1n) is 47.2. The van der Waals surface area contributed by atoms with Crippen LogP contribution in [0.15, 0.2) is 140 Å². The Morgan fingerprint density at radius 2 is 0.317 bits per heavy atom. The van der Waals surface area contributed by atoms with Crippen molar-refractivity contribution in [1.82, 2.24) is 0 Å². The molecule has 15 aromatic rings. The SMILES string of the molecule is CCCCCCc1csc(-c2cc(-c3cc(-c4ccc(-c5cc(-c6cc(-c7cc(CCCCCC)cs7)c(-c7cc(CCCCCC)cs7)s6)c(-c6cc(-c7cc(CCCCCC)cs7)c(-c7cc(CCCCCC)cs7)s6)s5)s4)sc3-c3cc(-c4cc(CCCCCC)cs4)c(-c4cc(CCCCCC)cs4)s3)sc2-c2cc(CCCCCC)cs2)c1. The van der Waals surface area contributed by atoms with E-state index in [9.17, 15) is 0 Å². The van der Waals surface area contributed by atoms with Crippen molar-refractivity contribution < 1.29 is 0 Å². The van der Waals surface area contributed by atoms with Crippen molar-refractivity contribution in [2.75, 3.05) is 0 Å². The Kier molecular flexibility index (Phi) is 36.3. The molecule has 0 saturated carbocycles. The molecule has 0 aliphatic carbocycles. The molecule has 0 saturated heterocycles. The van der Waals surface area contributed by atoms with E-state index in [1.165, 1.54) is 391 Å². The highest BCUT2D eigenvalue weighted by Crippen LogP contribution is 2.60. The molecule has 0 bridgehead atoms. The third-order valence-corrected chi connectivity index (χ3v) is 41.6. The van der Waals surface area contributed by atoms with Crippen molar-refractivity contribution in [1.29, 1.82) is 0 Å². The van der Waals surface area contributed by atoms with E-state index in [4.69, 9.17) is 0 Å². The van der Waals surface area contributed by atoms with Gasteiger partial charge in [0.25, 0.3) is 0 Å². The maximum absolute atomic E-state index is 2.65. The number of unbranched alkanes of at least 4 members (excludes halogenated alkanes) is 24. The molecule has 0 aromatic carbocycles. The normalized spacial score (nSPS) is 11.9. The van der Waals surface area contributed by atoms with Crippen molar-refractivity contribution in [2.45, 2.75) is 312 Å². The van der Waals surface area contributed by atoms with E-state index < -0.39 is 0 Å². The van der Waals surface area contributed by atoms with Gasteiger partial charge in [-0.3, -0.25) is 0 Å². The van der Waals surface area contributed by atoms with E-state index in [0.717, 1.165) is 51.4 Å². The minimum atomic E-state index is 1.15. The summed E-state index contributed by atoms with van der Waals surface area (Å²) in [6.07, 6.45) is 50.3.